The van der Waals surface area contributed by atoms with Gasteiger partial charge in [0.15, 0.2) is 0 Å². The molecule has 1 unspecified atom stereocenters. The van der Waals surface area contributed by atoms with E-state index < -0.39 is 0 Å². The van der Waals surface area contributed by atoms with Crippen LogP contribution in [0, 0.1) is 40.7 Å². The van der Waals surface area contributed by atoms with Crippen LogP contribution in [0.3, 0.4) is 0 Å². The molecule has 27 heavy (non-hydrogen) atoms. The fourth-order valence-electron chi connectivity index (χ4n) is 3.32. The molecule has 1 heterocycles. The Morgan fingerprint density at radius 1 is 0.852 bits per heavy atom. The van der Waals surface area contributed by atoms with E-state index in [-0.39, 0.29) is 57.1 Å². The van der Waals surface area contributed by atoms with E-state index in [1.807, 2.05) is 12.1 Å². The summed E-state index contributed by atoms with van der Waals surface area (Å²) in [5.74, 6) is 0. The number of hydrogen-bond donors (Lipinski definition) is 0. The van der Waals surface area contributed by atoms with E-state index >= 15 is 0 Å². The molecule has 0 fully saturated rings. The molecule has 1 atom stereocenters. The van der Waals surface area contributed by atoms with Crippen molar-refractivity contribution in [2.24, 2.45) is 0 Å². The number of fused-ring (bicyclic) bond motifs is 1. The SMILES string of the molecule is Cc1c(C)c(C)[c-](C)c1C.[C-]1=Cc2ccccc2C1n1cccc1.[Cl-].[Cl-].[Zr+4]. The van der Waals surface area contributed by atoms with Crippen molar-refractivity contribution in [3.63, 3.8) is 0 Å². The second-order valence-corrected chi connectivity index (χ2v) is 6.60. The molecule has 140 valence electrons. The molecule has 0 amide bonds. The number of allylic oxidation sites excluding steroid dienone is 1. The first kappa shape index (κ1) is 26.1. The van der Waals surface area contributed by atoms with Gasteiger partial charge in [0, 0.05) is 12.4 Å². The summed E-state index contributed by atoms with van der Waals surface area (Å²) >= 11 is 0. The smallest absolute Gasteiger partial charge is 1.00 e. The monoisotopic (exact) mass is 475 g/mol. The Labute approximate surface area is 195 Å². The molecule has 1 nitrogen and oxygen atoms in total. The molecule has 2 aromatic carbocycles. The van der Waals surface area contributed by atoms with Crippen molar-refractivity contribution < 1.29 is 51.0 Å². The van der Waals surface area contributed by atoms with Crippen molar-refractivity contribution >= 4 is 6.08 Å². The maximum atomic E-state index is 3.36. The zero-order valence-electron chi connectivity index (χ0n) is 16.5. The zero-order valence-corrected chi connectivity index (χ0v) is 20.4. The van der Waals surface area contributed by atoms with Crippen LogP contribution >= 0.6 is 0 Å². The number of aromatic nitrogens is 1. The first-order valence-corrected chi connectivity index (χ1v) is 8.51. The maximum absolute atomic E-state index is 3.36. The van der Waals surface area contributed by atoms with Crippen LogP contribution in [-0.2, 0) is 26.2 Å². The van der Waals surface area contributed by atoms with E-state index in [0.717, 1.165) is 0 Å². The summed E-state index contributed by atoms with van der Waals surface area (Å²) < 4.78 is 2.17. The van der Waals surface area contributed by atoms with Crippen LogP contribution in [0.4, 0.5) is 0 Å². The summed E-state index contributed by atoms with van der Waals surface area (Å²) in [6.07, 6.45) is 9.59. The van der Waals surface area contributed by atoms with Gasteiger partial charge in [-0.2, -0.15) is 33.4 Å². The molecule has 0 aliphatic heterocycles. The van der Waals surface area contributed by atoms with E-state index in [2.05, 4.69) is 88.0 Å². The van der Waals surface area contributed by atoms with Crippen molar-refractivity contribution in [3.8, 4) is 0 Å². The summed E-state index contributed by atoms with van der Waals surface area (Å²) in [6, 6.07) is 12.8. The third-order valence-electron chi connectivity index (χ3n) is 5.43. The van der Waals surface area contributed by atoms with Crippen molar-refractivity contribution in [2.75, 3.05) is 0 Å². The van der Waals surface area contributed by atoms with Crippen LogP contribution in [0.25, 0.3) is 6.08 Å². The van der Waals surface area contributed by atoms with Crippen LogP contribution in [0.5, 0.6) is 0 Å². The summed E-state index contributed by atoms with van der Waals surface area (Å²) in [7, 11) is 0. The van der Waals surface area contributed by atoms with Gasteiger partial charge >= 0.3 is 26.2 Å². The number of nitrogens with zero attached hydrogens (tertiary/aromatic N) is 1. The number of rotatable bonds is 1. The minimum absolute atomic E-state index is 0. The summed E-state index contributed by atoms with van der Waals surface area (Å²) in [5.41, 5.74) is 9.96. The van der Waals surface area contributed by atoms with Gasteiger partial charge in [0.25, 0.3) is 0 Å². The Kier molecular flexibility index (Phi) is 10.8. The maximum Gasteiger partial charge on any atom is 4.00 e. The zero-order chi connectivity index (χ0) is 17.3. The van der Waals surface area contributed by atoms with Crippen molar-refractivity contribution in [3.05, 3.63) is 93.8 Å². The van der Waals surface area contributed by atoms with Gasteiger partial charge in [0.1, 0.15) is 0 Å². The third kappa shape index (κ3) is 5.31. The van der Waals surface area contributed by atoms with Crippen LogP contribution < -0.4 is 24.8 Å². The number of benzene rings is 1. The van der Waals surface area contributed by atoms with Gasteiger partial charge in [0.05, 0.1) is 0 Å². The Hall–Kier alpha value is -0.947. The van der Waals surface area contributed by atoms with Crippen molar-refractivity contribution in [1.29, 1.82) is 0 Å². The fourth-order valence-corrected chi connectivity index (χ4v) is 3.32. The van der Waals surface area contributed by atoms with E-state index in [1.165, 1.54) is 38.9 Å². The number of halogens is 2. The minimum atomic E-state index is 0. The Morgan fingerprint density at radius 2 is 1.37 bits per heavy atom. The first-order chi connectivity index (χ1) is 11.5. The first-order valence-electron chi connectivity index (χ1n) is 8.51. The van der Waals surface area contributed by atoms with E-state index in [1.54, 1.807) is 0 Å². The fraction of sp³-hybridized carbons (Fsp3) is 0.261. The molecule has 0 N–H and O–H groups in total. The van der Waals surface area contributed by atoms with E-state index in [4.69, 9.17) is 0 Å². The topological polar surface area (TPSA) is 4.93 Å². The van der Waals surface area contributed by atoms with Gasteiger partial charge in [0.2, 0.25) is 0 Å². The largest absolute Gasteiger partial charge is 4.00 e. The van der Waals surface area contributed by atoms with E-state index in [0.29, 0.717) is 0 Å². The molecule has 1 aliphatic rings. The van der Waals surface area contributed by atoms with Crippen LogP contribution in [-0.4, -0.2) is 4.57 Å². The summed E-state index contributed by atoms with van der Waals surface area (Å²) in [5, 5.41) is 0. The molecule has 4 rings (SSSR count). The average Bonchev–Trinajstić information content (AvgIpc) is 3.30. The van der Waals surface area contributed by atoms with Crippen molar-refractivity contribution in [1.82, 2.24) is 4.57 Å². The average molecular weight is 478 g/mol. The standard InChI is InChI=1S/C13H10N.C10H15.2ClH.Zr/c1-2-6-12-11(5-1)7-8-13(12)14-9-3-4-10-14;1-6-7(2)9(4)10(5)8(6)3;;;/h1-7,9-10,13H;1-5H3;2*1H;/q2*-1;;;+4/p-2. The third-order valence-corrected chi connectivity index (χ3v) is 5.43. The molecular weight excluding hydrogens is 452 g/mol. The van der Waals surface area contributed by atoms with Gasteiger partial charge < -0.3 is 29.4 Å². The molecule has 0 bridgehead atoms. The number of hydrogen-bond acceptors (Lipinski definition) is 0. The molecule has 0 radical (unpaired) electrons. The Morgan fingerprint density at radius 3 is 1.85 bits per heavy atom. The molecule has 1 aliphatic carbocycles. The summed E-state index contributed by atoms with van der Waals surface area (Å²) in [6.45, 7) is 11.0. The minimum Gasteiger partial charge on any atom is -1.00 e. The van der Waals surface area contributed by atoms with Crippen LogP contribution in [0.1, 0.15) is 45.0 Å². The molecule has 0 spiro atoms. The Balaban J connectivity index is 0.000000473. The second kappa shape index (κ2) is 11.2. The molecule has 3 aromatic rings. The Bertz CT molecular complexity index is 796. The molecule has 1 aromatic heterocycles. The molecular formula is C23H25Cl2NZr. The predicted octanol–water partition coefficient (Wildman–Crippen LogP) is -0.139. The normalized spacial score (nSPS) is 13.4. The predicted molar refractivity (Wildman–Crippen MR) is 102 cm³/mol. The van der Waals surface area contributed by atoms with Crippen molar-refractivity contribution in [2.45, 2.75) is 40.7 Å². The molecule has 0 saturated carbocycles. The van der Waals surface area contributed by atoms with Gasteiger partial charge in [-0.05, 0) is 18.2 Å². The quantitative estimate of drug-likeness (QED) is 0.430. The van der Waals surface area contributed by atoms with Gasteiger partial charge in [-0.1, -0.05) is 52.8 Å². The van der Waals surface area contributed by atoms with Crippen LogP contribution in [0.2, 0.25) is 0 Å². The van der Waals surface area contributed by atoms with E-state index in [9.17, 15) is 0 Å². The molecule has 0 saturated heterocycles. The van der Waals surface area contributed by atoms with Crippen LogP contribution in [0.15, 0.2) is 48.8 Å². The van der Waals surface area contributed by atoms with Gasteiger partial charge in [-0.3, -0.25) is 0 Å². The van der Waals surface area contributed by atoms with Gasteiger partial charge in [-0.25, -0.2) is 12.2 Å². The van der Waals surface area contributed by atoms with Gasteiger partial charge in [-0.15, -0.1) is 11.6 Å². The summed E-state index contributed by atoms with van der Waals surface area (Å²) in [4.78, 5) is 0. The molecule has 4 heteroatoms. The second-order valence-electron chi connectivity index (χ2n) is 6.60.